The highest BCUT2D eigenvalue weighted by Gasteiger charge is 2.49. The molecule has 6 heteroatoms. The number of ether oxygens (including phenoxy) is 1. The summed E-state index contributed by atoms with van der Waals surface area (Å²) >= 11 is 0. The van der Waals surface area contributed by atoms with Gasteiger partial charge in [0.2, 0.25) is 0 Å². The largest absolute Gasteiger partial charge is 0.477 e. The molecule has 0 saturated heterocycles. The minimum atomic E-state index is -1.15. The van der Waals surface area contributed by atoms with Crippen LogP contribution in [0.3, 0.4) is 0 Å². The zero-order valence-corrected chi connectivity index (χ0v) is 12.4. The molecule has 1 fully saturated rings. The molecule has 0 bridgehead atoms. The minimum Gasteiger partial charge on any atom is -0.477 e. The molecule has 0 aliphatic heterocycles. The fourth-order valence-electron chi connectivity index (χ4n) is 2.54. The van der Waals surface area contributed by atoms with Crippen LogP contribution in [0.2, 0.25) is 0 Å². The van der Waals surface area contributed by atoms with E-state index in [9.17, 15) is 9.59 Å². The third-order valence-corrected chi connectivity index (χ3v) is 4.09. The lowest BCUT2D eigenvalue weighted by Gasteiger charge is -2.51. The summed E-state index contributed by atoms with van der Waals surface area (Å²) in [6.07, 6.45) is 2.23. The SMILES string of the molecule is CCOC1CC(NC(=O)c2ccnc(C(=O)O)c2)C1(C)C. The Morgan fingerprint density at radius 3 is 2.81 bits per heavy atom. The lowest BCUT2D eigenvalue weighted by molar-refractivity contribution is -0.111. The number of carbonyl (C=O) groups excluding carboxylic acids is 1. The number of aromatic carboxylic acids is 1. The number of nitrogens with one attached hydrogen (secondary N) is 1. The van der Waals surface area contributed by atoms with Gasteiger partial charge in [0.15, 0.2) is 0 Å². The van der Waals surface area contributed by atoms with E-state index < -0.39 is 5.97 Å². The number of hydrogen-bond donors (Lipinski definition) is 2. The molecule has 1 aliphatic rings. The average molecular weight is 292 g/mol. The lowest BCUT2D eigenvalue weighted by Crippen LogP contribution is -2.62. The van der Waals surface area contributed by atoms with Crippen molar-refractivity contribution < 1.29 is 19.4 Å². The fraction of sp³-hybridized carbons (Fsp3) is 0.533. The molecular weight excluding hydrogens is 272 g/mol. The first-order valence-corrected chi connectivity index (χ1v) is 6.98. The summed E-state index contributed by atoms with van der Waals surface area (Å²) in [5.41, 5.74) is 0.0368. The molecule has 1 aliphatic carbocycles. The Morgan fingerprint density at radius 2 is 2.24 bits per heavy atom. The molecule has 2 atom stereocenters. The number of carboxylic acids is 1. The molecule has 1 amide bonds. The molecule has 6 nitrogen and oxygen atoms in total. The predicted molar refractivity (Wildman–Crippen MR) is 76.3 cm³/mol. The zero-order chi connectivity index (χ0) is 15.6. The van der Waals surface area contributed by atoms with E-state index in [0.717, 1.165) is 6.42 Å². The number of nitrogens with zero attached hydrogens (tertiary/aromatic N) is 1. The van der Waals surface area contributed by atoms with Gasteiger partial charge in [0.25, 0.3) is 5.91 Å². The van der Waals surface area contributed by atoms with Gasteiger partial charge >= 0.3 is 5.97 Å². The van der Waals surface area contributed by atoms with Gasteiger partial charge in [-0.1, -0.05) is 13.8 Å². The van der Waals surface area contributed by atoms with E-state index >= 15 is 0 Å². The highest BCUT2D eigenvalue weighted by molar-refractivity contribution is 5.96. The molecular formula is C15H20N2O4. The van der Waals surface area contributed by atoms with Crippen molar-refractivity contribution in [2.45, 2.75) is 39.3 Å². The summed E-state index contributed by atoms with van der Waals surface area (Å²) in [6.45, 7) is 6.71. The van der Waals surface area contributed by atoms with Crippen molar-refractivity contribution in [3.8, 4) is 0 Å². The Kier molecular flexibility index (Phi) is 4.27. The number of amides is 1. The summed E-state index contributed by atoms with van der Waals surface area (Å²) in [4.78, 5) is 26.8. The minimum absolute atomic E-state index is 0.0167. The second-order valence-electron chi connectivity index (χ2n) is 5.76. The van der Waals surface area contributed by atoms with E-state index in [4.69, 9.17) is 9.84 Å². The molecule has 21 heavy (non-hydrogen) atoms. The Morgan fingerprint density at radius 1 is 1.52 bits per heavy atom. The molecule has 2 unspecified atom stereocenters. The zero-order valence-electron chi connectivity index (χ0n) is 12.4. The monoisotopic (exact) mass is 292 g/mol. The summed E-state index contributed by atoms with van der Waals surface area (Å²) in [5.74, 6) is -1.43. The number of pyridine rings is 1. The average Bonchev–Trinajstić information content (AvgIpc) is 2.46. The van der Waals surface area contributed by atoms with Crippen molar-refractivity contribution >= 4 is 11.9 Å². The van der Waals surface area contributed by atoms with Gasteiger partial charge in [-0.15, -0.1) is 0 Å². The molecule has 0 aromatic carbocycles. The van der Waals surface area contributed by atoms with Gasteiger partial charge in [-0.05, 0) is 25.5 Å². The molecule has 1 saturated carbocycles. The first-order valence-electron chi connectivity index (χ1n) is 6.98. The Bertz CT molecular complexity index is 556. The fourth-order valence-corrected chi connectivity index (χ4v) is 2.54. The Balaban J connectivity index is 2.03. The first-order chi connectivity index (χ1) is 9.86. The number of carbonyl (C=O) groups is 2. The van der Waals surface area contributed by atoms with Crippen LogP contribution in [0.5, 0.6) is 0 Å². The van der Waals surface area contributed by atoms with Gasteiger partial charge < -0.3 is 15.2 Å². The van der Waals surface area contributed by atoms with Gasteiger partial charge in [-0.25, -0.2) is 9.78 Å². The van der Waals surface area contributed by atoms with Crippen LogP contribution in [-0.4, -0.2) is 40.7 Å². The highest BCUT2D eigenvalue weighted by atomic mass is 16.5. The number of rotatable bonds is 5. The van der Waals surface area contributed by atoms with Gasteiger partial charge in [0.05, 0.1) is 6.10 Å². The van der Waals surface area contributed by atoms with E-state index in [0.29, 0.717) is 12.2 Å². The predicted octanol–water partition coefficient (Wildman–Crippen LogP) is 1.71. The van der Waals surface area contributed by atoms with Crippen molar-refractivity contribution in [3.05, 3.63) is 29.6 Å². The summed E-state index contributed by atoms with van der Waals surface area (Å²) in [6, 6.07) is 2.81. The quantitative estimate of drug-likeness (QED) is 0.862. The van der Waals surface area contributed by atoms with Crippen LogP contribution < -0.4 is 5.32 Å². The third-order valence-electron chi connectivity index (χ3n) is 4.09. The van der Waals surface area contributed by atoms with Gasteiger partial charge in [-0.3, -0.25) is 4.79 Å². The number of hydrogen-bond acceptors (Lipinski definition) is 4. The second kappa shape index (κ2) is 5.81. The van der Waals surface area contributed by atoms with E-state index in [2.05, 4.69) is 24.1 Å². The van der Waals surface area contributed by atoms with Gasteiger partial charge in [-0.2, -0.15) is 0 Å². The highest BCUT2D eigenvalue weighted by Crippen LogP contribution is 2.42. The van der Waals surface area contributed by atoms with E-state index in [-0.39, 0.29) is 29.2 Å². The molecule has 1 aromatic rings. The summed E-state index contributed by atoms with van der Waals surface area (Å²) in [7, 11) is 0. The molecule has 1 aromatic heterocycles. The van der Waals surface area contributed by atoms with E-state index in [1.807, 2.05) is 6.92 Å². The normalized spacial score (nSPS) is 23.2. The van der Waals surface area contributed by atoms with E-state index in [1.54, 1.807) is 0 Å². The van der Waals surface area contributed by atoms with Gasteiger partial charge in [0.1, 0.15) is 5.69 Å². The molecule has 2 N–H and O–H groups in total. The molecule has 114 valence electrons. The Hall–Kier alpha value is -1.95. The molecule has 0 spiro atoms. The molecule has 0 radical (unpaired) electrons. The van der Waals surface area contributed by atoms with Crippen LogP contribution in [0.25, 0.3) is 0 Å². The maximum Gasteiger partial charge on any atom is 0.354 e. The maximum absolute atomic E-state index is 12.2. The van der Waals surface area contributed by atoms with Crippen molar-refractivity contribution in [1.29, 1.82) is 0 Å². The van der Waals surface area contributed by atoms with Crippen LogP contribution in [0, 0.1) is 5.41 Å². The topological polar surface area (TPSA) is 88.5 Å². The van der Waals surface area contributed by atoms with Crippen molar-refractivity contribution in [3.63, 3.8) is 0 Å². The Labute approximate surface area is 123 Å². The molecule has 1 heterocycles. The standard InChI is InChI=1S/C15H20N2O4/c1-4-21-12-8-11(15(12,2)3)17-13(18)9-5-6-16-10(7-9)14(19)20/h5-7,11-12H,4,8H2,1-3H3,(H,17,18)(H,19,20). The van der Waals surface area contributed by atoms with Crippen LogP contribution in [0.1, 0.15) is 48.0 Å². The van der Waals surface area contributed by atoms with Crippen molar-refractivity contribution in [2.75, 3.05) is 6.61 Å². The first kappa shape index (κ1) is 15.4. The molecule has 2 rings (SSSR count). The van der Waals surface area contributed by atoms with Crippen molar-refractivity contribution in [1.82, 2.24) is 10.3 Å². The maximum atomic E-state index is 12.2. The van der Waals surface area contributed by atoms with Crippen LogP contribution >= 0.6 is 0 Å². The number of aromatic nitrogens is 1. The summed E-state index contributed by atoms with van der Waals surface area (Å²) in [5, 5.41) is 11.8. The summed E-state index contributed by atoms with van der Waals surface area (Å²) < 4.78 is 5.62. The van der Waals surface area contributed by atoms with Crippen LogP contribution in [0.15, 0.2) is 18.3 Å². The van der Waals surface area contributed by atoms with E-state index in [1.165, 1.54) is 18.3 Å². The smallest absolute Gasteiger partial charge is 0.354 e. The lowest BCUT2D eigenvalue weighted by atomic mass is 9.64. The van der Waals surface area contributed by atoms with Crippen LogP contribution in [0.4, 0.5) is 0 Å². The third kappa shape index (κ3) is 3.05. The van der Waals surface area contributed by atoms with Gasteiger partial charge in [0, 0.05) is 29.8 Å². The second-order valence-corrected chi connectivity index (χ2v) is 5.76. The van der Waals surface area contributed by atoms with Crippen LogP contribution in [-0.2, 0) is 4.74 Å². The number of carboxylic acid groups (broad SMARTS) is 1. The van der Waals surface area contributed by atoms with Crippen molar-refractivity contribution in [2.24, 2.45) is 5.41 Å².